The average molecular weight is 332 g/mol. The molecule has 0 saturated carbocycles. The minimum Gasteiger partial charge on any atom is -0.469 e. The molecule has 0 fully saturated rings. The zero-order chi connectivity index (χ0) is 17.1. The highest BCUT2D eigenvalue weighted by molar-refractivity contribution is 5.90. The summed E-state index contributed by atoms with van der Waals surface area (Å²) >= 11 is 0. The number of nitrogens with one attached hydrogen (secondary N) is 2. The second-order valence-electron chi connectivity index (χ2n) is 5.72. The number of esters is 1. The Labute approximate surface area is 139 Å². The van der Waals surface area contributed by atoms with Gasteiger partial charge in [-0.3, -0.25) is 9.48 Å². The summed E-state index contributed by atoms with van der Waals surface area (Å²) < 4.78 is 11.5. The molecule has 1 aliphatic carbocycles. The molecule has 0 radical (unpaired) electrons. The molecular weight excluding hydrogens is 312 g/mol. The maximum Gasteiger partial charge on any atom is 0.327 e. The van der Waals surface area contributed by atoms with Gasteiger partial charge in [0.05, 0.1) is 37.0 Å². The Bertz CT molecular complexity index is 749. The molecule has 2 amide bonds. The van der Waals surface area contributed by atoms with Crippen LogP contribution in [0.4, 0.5) is 10.5 Å². The van der Waals surface area contributed by atoms with Gasteiger partial charge < -0.3 is 19.8 Å². The quantitative estimate of drug-likeness (QED) is 0.836. The number of methoxy groups -OCH3 is 1. The highest BCUT2D eigenvalue weighted by atomic mass is 16.5. The summed E-state index contributed by atoms with van der Waals surface area (Å²) in [6.07, 6.45) is 5.93. The normalized spacial score (nSPS) is 16.3. The maximum absolute atomic E-state index is 12.3. The highest BCUT2D eigenvalue weighted by Crippen LogP contribution is 2.30. The summed E-state index contributed by atoms with van der Waals surface area (Å²) in [5, 5.41) is 9.82. The number of carbonyl (C=O) groups excluding carboxylic acids is 2. The third-order valence-corrected chi connectivity index (χ3v) is 4.22. The Morgan fingerprint density at radius 1 is 1.50 bits per heavy atom. The highest BCUT2D eigenvalue weighted by Gasteiger charge is 2.24. The topological polar surface area (TPSA) is 98.4 Å². The molecule has 0 bridgehead atoms. The van der Waals surface area contributed by atoms with Crippen molar-refractivity contribution in [3.63, 3.8) is 0 Å². The van der Waals surface area contributed by atoms with Crippen LogP contribution in [0.5, 0.6) is 0 Å². The van der Waals surface area contributed by atoms with E-state index in [9.17, 15) is 9.59 Å². The first-order valence-electron chi connectivity index (χ1n) is 7.81. The number of hydrogen-bond acceptors (Lipinski definition) is 5. The van der Waals surface area contributed by atoms with Crippen molar-refractivity contribution in [3.8, 4) is 0 Å². The lowest BCUT2D eigenvalue weighted by molar-refractivity contribution is -0.141. The largest absolute Gasteiger partial charge is 0.469 e. The van der Waals surface area contributed by atoms with E-state index in [4.69, 9.17) is 4.42 Å². The van der Waals surface area contributed by atoms with E-state index in [1.54, 1.807) is 13.2 Å². The second-order valence-corrected chi connectivity index (χ2v) is 5.72. The lowest BCUT2D eigenvalue weighted by atomic mass is 9.93. The Kier molecular flexibility index (Phi) is 4.54. The first kappa shape index (κ1) is 16.1. The molecule has 128 valence electrons. The van der Waals surface area contributed by atoms with Crippen molar-refractivity contribution in [1.29, 1.82) is 0 Å². The van der Waals surface area contributed by atoms with Gasteiger partial charge >= 0.3 is 12.0 Å². The van der Waals surface area contributed by atoms with Crippen LogP contribution in [0.2, 0.25) is 0 Å². The fourth-order valence-corrected chi connectivity index (χ4v) is 2.87. The number of amides is 2. The van der Waals surface area contributed by atoms with Gasteiger partial charge in [0.15, 0.2) is 0 Å². The van der Waals surface area contributed by atoms with Crippen LogP contribution in [0.1, 0.15) is 35.9 Å². The number of anilines is 1. The van der Waals surface area contributed by atoms with E-state index in [1.165, 1.54) is 18.0 Å². The van der Waals surface area contributed by atoms with E-state index < -0.39 is 5.97 Å². The molecule has 2 aromatic rings. The zero-order valence-electron chi connectivity index (χ0n) is 13.7. The van der Waals surface area contributed by atoms with E-state index in [0.29, 0.717) is 11.4 Å². The molecule has 2 aromatic heterocycles. The molecule has 24 heavy (non-hydrogen) atoms. The van der Waals surface area contributed by atoms with E-state index in [1.807, 2.05) is 6.07 Å². The Morgan fingerprint density at radius 2 is 2.33 bits per heavy atom. The lowest BCUT2D eigenvalue weighted by Crippen LogP contribution is -2.34. The number of ether oxygens (including phenoxy) is 1. The van der Waals surface area contributed by atoms with Crippen LogP contribution in [-0.2, 0) is 22.5 Å². The Hall–Kier alpha value is -2.77. The van der Waals surface area contributed by atoms with Crippen molar-refractivity contribution >= 4 is 17.7 Å². The van der Waals surface area contributed by atoms with Crippen molar-refractivity contribution < 1.29 is 18.7 Å². The fraction of sp³-hybridized carbons (Fsp3) is 0.438. The van der Waals surface area contributed by atoms with E-state index >= 15 is 0 Å². The van der Waals surface area contributed by atoms with Crippen molar-refractivity contribution in [2.45, 2.75) is 38.8 Å². The molecule has 8 nitrogen and oxygen atoms in total. The van der Waals surface area contributed by atoms with Gasteiger partial charge in [-0.1, -0.05) is 0 Å². The molecule has 0 spiro atoms. The number of carbonyl (C=O) groups is 2. The van der Waals surface area contributed by atoms with Gasteiger partial charge in [0.1, 0.15) is 12.3 Å². The number of rotatable bonds is 4. The van der Waals surface area contributed by atoms with E-state index in [-0.39, 0.29) is 18.6 Å². The van der Waals surface area contributed by atoms with E-state index in [2.05, 4.69) is 20.5 Å². The number of nitrogens with zero attached hydrogens (tertiary/aromatic N) is 2. The molecule has 3 rings (SSSR count). The summed E-state index contributed by atoms with van der Waals surface area (Å²) in [4.78, 5) is 23.6. The van der Waals surface area contributed by atoms with Crippen LogP contribution in [0.25, 0.3) is 0 Å². The monoisotopic (exact) mass is 332 g/mol. The second kappa shape index (κ2) is 6.77. The summed E-state index contributed by atoms with van der Waals surface area (Å²) in [6.45, 7) is 1.78. The van der Waals surface area contributed by atoms with Crippen LogP contribution in [0.15, 0.2) is 22.9 Å². The van der Waals surface area contributed by atoms with Crippen LogP contribution < -0.4 is 10.6 Å². The zero-order valence-corrected chi connectivity index (χ0v) is 13.7. The SMILES string of the molecule is COC(=O)Cn1ncc(NC(=O)NC2CCCc3occc32)c1C. The molecule has 0 aliphatic heterocycles. The van der Waals surface area contributed by atoms with Gasteiger partial charge in [0.25, 0.3) is 0 Å². The molecule has 0 aromatic carbocycles. The first-order valence-corrected chi connectivity index (χ1v) is 7.81. The molecular formula is C16H20N4O4. The van der Waals surface area contributed by atoms with Gasteiger partial charge in [-0.2, -0.15) is 5.10 Å². The number of urea groups is 1. The standard InChI is InChI=1S/C16H20N4O4/c1-10-13(8-17-20(10)9-15(21)23-2)19-16(22)18-12-4-3-5-14-11(12)6-7-24-14/h6-8,12H,3-5,9H2,1-2H3,(H2,18,19,22). The smallest absolute Gasteiger partial charge is 0.327 e. The van der Waals surface area contributed by atoms with Gasteiger partial charge in [-0.15, -0.1) is 0 Å². The third-order valence-electron chi connectivity index (χ3n) is 4.22. The average Bonchev–Trinajstić information content (AvgIpc) is 3.17. The number of aryl methyl sites for hydroxylation is 1. The number of aromatic nitrogens is 2. The van der Waals surface area contributed by atoms with Crippen molar-refractivity contribution in [1.82, 2.24) is 15.1 Å². The fourth-order valence-electron chi connectivity index (χ4n) is 2.87. The molecule has 2 heterocycles. The predicted molar refractivity (Wildman–Crippen MR) is 85.5 cm³/mol. The van der Waals surface area contributed by atoms with E-state index in [0.717, 1.165) is 30.6 Å². The van der Waals surface area contributed by atoms with Crippen molar-refractivity contribution in [2.75, 3.05) is 12.4 Å². The summed E-state index contributed by atoms with van der Waals surface area (Å²) in [5.41, 5.74) is 2.28. The molecule has 0 saturated heterocycles. The first-order chi connectivity index (χ1) is 11.6. The lowest BCUT2D eigenvalue weighted by Gasteiger charge is -2.22. The maximum atomic E-state index is 12.3. The molecule has 1 atom stereocenters. The molecule has 1 aliphatic rings. The minimum absolute atomic E-state index is 0.00658. The summed E-state index contributed by atoms with van der Waals surface area (Å²) in [7, 11) is 1.32. The molecule has 1 unspecified atom stereocenters. The third kappa shape index (κ3) is 3.27. The minimum atomic E-state index is -0.396. The predicted octanol–water partition coefficient (Wildman–Crippen LogP) is 2.16. The van der Waals surface area contributed by atoms with Crippen LogP contribution in [0, 0.1) is 6.92 Å². The molecule has 2 N–H and O–H groups in total. The van der Waals surface area contributed by atoms with Crippen molar-refractivity contribution in [2.24, 2.45) is 0 Å². The number of fused-ring (bicyclic) bond motifs is 1. The Morgan fingerprint density at radius 3 is 3.12 bits per heavy atom. The summed E-state index contributed by atoms with van der Waals surface area (Å²) in [6, 6.07) is 1.53. The number of furan rings is 1. The van der Waals surface area contributed by atoms with Crippen molar-refractivity contribution in [3.05, 3.63) is 35.5 Å². The van der Waals surface area contributed by atoms with Gasteiger partial charge in [-0.25, -0.2) is 4.79 Å². The van der Waals surface area contributed by atoms with Crippen LogP contribution in [0.3, 0.4) is 0 Å². The number of hydrogen-bond donors (Lipinski definition) is 2. The van der Waals surface area contributed by atoms with Gasteiger partial charge in [0, 0.05) is 12.0 Å². The van der Waals surface area contributed by atoms with Crippen LogP contribution in [-0.4, -0.2) is 28.9 Å². The van der Waals surface area contributed by atoms with Gasteiger partial charge in [0.2, 0.25) is 0 Å². The summed E-state index contributed by atoms with van der Waals surface area (Å²) in [5.74, 6) is 0.542. The Balaban J connectivity index is 1.63. The van der Waals surface area contributed by atoms with Crippen LogP contribution >= 0.6 is 0 Å². The van der Waals surface area contributed by atoms with Gasteiger partial charge in [-0.05, 0) is 25.8 Å². The molecule has 8 heteroatoms.